The number of pyridine rings is 2. The molecular formula is C19H11F3N2. The second kappa shape index (κ2) is 5.30. The molecule has 2 heterocycles. The first-order chi connectivity index (χ1) is 11.5. The standard InChI is InChI=1S/C19H11F3N2/c20-19(21,22)13-10-15-14(5-3-7-17(15)23-11-13)18-9-8-12-4-1-2-6-16(12)24-18/h1-11H. The van der Waals surface area contributed by atoms with Gasteiger partial charge in [-0.15, -0.1) is 0 Å². The topological polar surface area (TPSA) is 25.8 Å². The van der Waals surface area contributed by atoms with Crippen LogP contribution < -0.4 is 0 Å². The maximum atomic E-state index is 13.0. The highest BCUT2D eigenvalue weighted by Gasteiger charge is 2.31. The van der Waals surface area contributed by atoms with Gasteiger partial charge in [-0.1, -0.05) is 36.4 Å². The molecule has 24 heavy (non-hydrogen) atoms. The Morgan fingerprint density at radius 2 is 1.58 bits per heavy atom. The van der Waals surface area contributed by atoms with E-state index in [1.165, 1.54) is 0 Å². The van der Waals surface area contributed by atoms with Gasteiger partial charge >= 0.3 is 6.18 Å². The van der Waals surface area contributed by atoms with Crippen molar-refractivity contribution in [1.82, 2.24) is 9.97 Å². The molecule has 0 N–H and O–H groups in total. The Morgan fingerprint density at radius 1 is 0.792 bits per heavy atom. The van der Waals surface area contributed by atoms with Crippen LogP contribution in [-0.2, 0) is 6.18 Å². The van der Waals surface area contributed by atoms with Gasteiger partial charge in [0, 0.05) is 22.5 Å². The summed E-state index contributed by atoms with van der Waals surface area (Å²) < 4.78 is 39.0. The van der Waals surface area contributed by atoms with Crippen molar-refractivity contribution in [3.63, 3.8) is 0 Å². The summed E-state index contributed by atoms with van der Waals surface area (Å²) in [5, 5.41) is 1.42. The lowest BCUT2D eigenvalue weighted by Crippen LogP contribution is -2.05. The van der Waals surface area contributed by atoms with Gasteiger partial charge < -0.3 is 0 Å². The average molecular weight is 324 g/mol. The highest BCUT2D eigenvalue weighted by Crippen LogP contribution is 2.34. The highest BCUT2D eigenvalue weighted by atomic mass is 19.4. The lowest BCUT2D eigenvalue weighted by Gasteiger charge is -2.10. The maximum absolute atomic E-state index is 13.0. The minimum absolute atomic E-state index is 0.440. The van der Waals surface area contributed by atoms with E-state index in [2.05, 4.69) is 9.97 Å². The summed E-state index contributed by atoms with van der Waals surface area (Å²) in [6.07, 6.45) is -3.56. The monoisotopic (exact) mass is 324 g/mol. The van der Waals surface area contributed by atoms with Crippen molar-refractivity contribution in [3.8, 4) is 11.3 Å². The van der Waals surface area contributed by atoms with Gasteiger partial charge in [-0.2, -0.15) is 13.2 Å². The Kier molecular flexibility index (Phi) is 3.23. The van der Waals surface area contributed by atoms with Crippen LogP contribution in [0.3, 0.4) is 0 Å². The van der Waals surface area contributed by atoms with Gasteiger partial charge in [-0.3, -0.25) is 4.98 Å². The normalized spacial score (nSPS) is 12.0. The van der Waals surface area contributed by atoms with E-state index in [-0.39, 0.29) is 0 Å². The fourth-order valence-corrected chi connectivity index (χ4v) is 2.74. The molecule has 2 nitrogen and oxygen atoms in total. The molecule has 0 aliphatic heterocycles. The predicted molar refractivity (Wildman–Crippen MR) is 87.5 cm³/mol. The zero-order chi connectivity index (χ0) is 16.7. The van der Waals surface area contributed by atoms with E-state index < -0.39 is 11.7 Å². The molecule has 0 spiro atoms. The number of alkyl halides is 3. The van der Waals surface area contributed by atoms with Crippen molar-refractivity contribution >= 4 is 21.8 Å². The third kappa shape index (κ3) is 2.48. The molecule has 5 heteroatoms. The van der Waals surface area contributed by atoms with E-state index in [4.69, 9.17) is 0 Å². The first-order valence-electron chi connectivity index (χ1n) is 7.34. The second-order valence-corrected chi connectivity index (χ2v) is 5.48. The van der Waals surface area contributed by atoms with Crippen molar-refractivity contribution in [2.45, 2.75) is 6.18 Å². The summed E-state index contributed by atoms with van der Waals surface area (Å²) in [6.45, 7) is 0. The molecule has 0 radical (unpaired) electrons. The quantitative estimate of drug-likeness (QED) is 0.464. The fourth-order valence-electron chi connectivity index (χ4n) is 2.74. The third-order valence-electron chi connectivity index (χ3n) is 3.93. The Balaban J connectivity index is 1.97. The number of para-hydroxylation sites is 1. The van der Waals surface area contributed by atoms with Gasteiger partial charge in [-0.05, 0) is 24.3 Å². The van der Waals surface area contributed by atoms with Crippen LogP contribution >= 0.6 is 0 Å². The Hall–Kier alpha value is -2.95. The van der Waals surface area contributed by atoms with E-state index in [9.17, 15) is 13.2 Å². The Morgan fingerprint density at radius 3 is 2.42 bits per heavy atom. The van der Waals surface area contributed by atoms with E-state index in [1.54, 1.807) is 18.2 Å². The van der Waals surface area contributed by atoms with Crippen LogP contribution in [0, 0.1) is 0 Å². The van der Waals surface area contributed by atoms with Crippen LogP contribution in [0.2, 0.25) is 0 Å². The van der Waals surface area contributed by atoms with Crippen LogP contribution in [0.25, 0.3) is 33.1 Å². The zero-order valence-electron chi connectivity index (χ0n) is 12.4. The van der Waals surface area contributed by atoms with E-state index in [0.29, 0.717) is 22.2 Å². The van der Waals surface area contributed by atoms with Crippen LogP contribution in [0.15, 0.2) is 66.9 Å². The number of rotatable bonds is 1. The number of benzene rings is 2. The van der Waals surface area contributed by atoms with Gasteiger partial charge in [0.05, 0.1) is 22.3 Å². The second-order valence-electron chi connectivity index (χ2n) is 5.48. The number of fused-ring (bicyclic) bond motifs is 2. The minimum Gasteiger partial charge on any atom is -0.256 e. The molecule has 0 atom stereocenters. The molecule has 0 saturated carbocycles. The van der Waals surface area contributed by atoms with Crippen molar-refractivity contribution < 1.29 is 13.2 Å². The lowest BCUT2D eigenvalue weighted by atomic mass is 10.0. The highest BCUT2D eigenvalue weighted by molar-refractivity contribution is 5.95. The summed E-state index contributed by atoms with van der Waals surface area (Å²) in [7, 11) is 0. The number of hydrogen-bond donors (Lipinski definition) is 0. The van der Waals surface area contributed by atoms with E-state index >= 15 is 0 Å². The molecule has 0 aliphatic rings. The van der Waals surface area contributed by atoms with Crippen LogP contribution in [0.1, 0.15) is 5.56 Å². The van der Waals surface area contributed by atoms with Gasteiger partial charge in [0.15, 0.2) is 0 Å². The smallest absolute Gasteiger partial charge is 0.256 e. The van der Waals surface area contributed by atoms with Crippen molar-refractivity contribution in [2.24, 2.45) is 0 Å². The van der Waals surface area contributed by atoms with E-state index in [1.807, 2.05) is 36.4 Å². The van der Waals surface area contributed by atoms with E-state index in [0.717, 1.165) is 23.2 Å². The van der Waals surface area contributed by atoms with Gasteiger partial charge in [0.25, 0.3) is 0 Å². The van der Waals surface area contributed by atoms with Gasteiger partial charge in [-0.25, -0.2) is 4.98 Å². The number of nitrogens with zero attached hydrogens (tertiary/aromatic N) is 2. The molecule has 0 bridgehead atoms. The van der Waals surface area contributed by atoms with Crippen molar-refractivity contribution in [3.05, 3.63) is 72.4 Å². The summed E-state index contributed by atoms with van der Waals surface area (Å²) in [4.78, 5) is 8.53. The first-order valence-corrected chi connectivity index (χ1v) is 7.34. The van der Waals surface area contributed by atoms with Crippen molar-refractivity contribution in [1.29, 1.82) is 0 Å². The Bertz CT molecular complexity index is 1060. The molecule has 0 saturated heterocycles. The first kappa shape index (κ1) is 14.6. The van der Waals surface area contributed by atoms with Crippen molar-refractivity contribution in [2.75, 3.05) is 0 Å². The molecule has 118 valence electrons. The molecule has 0 aliphatic carbocycles. The van der Waals surface area contributed by atoms with Gasteiger partial charge in [0.1, 0.15) is 0 Å². The third-order valence-corrected chi connectivity index (χ3v) is 3.93. The molecule has 0 fully saturated rings. The average Bonchev–Trinajstić information content (AvgIpc) is 2.59. The predicted octanol–water partition coefficient (Wildman–Crippen LogP) is 5.47. The molecular weight excluding hydrogens is 313 g/mol. The molecule has 0 amide bonds. The summed E-state index contributed by atoms with van der Waals surface area (Å²) in [5.74, 6) is 0. The molecule has 4 rings (SSSR count). The van der Waals surface area contributed by atoms with Crippen LogP contribution in [0.5, 0.6) is 0 Å². The largest absolute Gasteiger partial charge is 0.417 e. The number of aromatic nitrogens is 2. The molecule has 2 aromatic heterocycles. The minimum atomic E-state index is -4.43. The van der Waals surface area contributed by atoms with Gasteiger partial charge in [0.2, 0.25) is 0 Å². The maximum Gasteiger partial charge on any atom is 0.417 e. The summed E-state index contributed by atoms with van der Waals surface area (Å²) in [5.41, 5.74) is 1.81. The van der Waals surface area contributed by atoms with Crippen LogP contribution in [0.4, 0.5) is 13.2 Å². The fraction of sp³-hybridized carbons (Fsp3) is 0.0526. The summed E-state index contributed by atoms with van der Waals surface area (Å²) >= 11 is 0. The lowest BCUT2D eigenvalue weighted by molar-refractivity contribution is -0.137. The summed E-state index contributed by atoms with van der Waals surface area (Å²) in [6, 6.07) is 17.7. The SMILES string of the molecule is FC(F)(F)c1cnc2cccc(-c3ccc4ccccc4n3)c2c1. The zero-order valence-corrected chi connectivity index (χ0v) is 12.4. The molecule has 2 aromatic carbocycles. The van der Waals surface area contributed by atoms with Crippen LogP contribution in [-0.4, -0.2) is 9.97 Å². The molecule has 4 aromatic rings. The number of halogens is 3. The number of hydrogen-bond acceptors (Lipinski definition) is 2. The molecule has 0 unspecified atom stereocenters. The Labute approximate surface area is 135 Å².